The number of rotatable bonds is 7. The topological polar surface area (TPSA) is 37.8 Å². The Labute approximate surface area is 127 Å². The van der Waals surface area contributed by atoms with Crippen LogP contribution < -0.4 is 5.32 Å². The second kappa shape index (κ2) is 7.56. The summed E-state index contributed by atoms with van der Waals surface area (Å²) in [6, 6.07) is 4.10. The minimum absolute atomic E-state index is 0.355. The highest BCUT2D eigenvalue weighted by molar-refractivity contribution is 7.11. The normalized spacial score (nSPS) is 11.3. The van der Waals surface area contributed by atoms with Crippen LogP contribution in [0.3, 0.4) is 0 Å². The van der Waals surface area contributed by atoms with Gasteiger partial charge in [-0.2, -0.15) is 0 Å². The van der Waals surface area contributed by atoms with Crippen LogP contribution in [0.1, 0.15) is 35.8 Å². The van der Waals surface area contributed by atoms with Crippen molar-refractivity contribution in [3.8, 4) is 0 Å². The molecule has 1 N–H and O–H groups in total. The molecule has 1 aromatic heterocycles. The largest absolute Gasteiger partial charge is 0.315 e. The van der Waals surface area contributed by atoms with E-state index in [9.17, 15) is 8.78 Å². The number of nitrogens with one attached hydrogen (secondary N) is 1. The summed E-state index contributed by atoms with van der Waals surface area (Å²) in [6.07, 6.45) is 2.22. The van der Waals surface area contributed by atoms with Crippen LogP contribution in [-0.4, -0.2) is 22.8 Å². The van der Waals surface area contributed by atoms with Crippen LogP contribution in [0.5, 0.6) is 0 Å². The quantitative estimate of drug-likeness (QED) is 0.797. The number of aryl methyl sites for hydroxylation is 1. The van der Waals surface area contributed by atoms with Crippen LogP contribution in [0, 0.1) is 11.6 Å². The maximum Gasteiger partial charge on any atom is 0.129 e. The van der Waals surface area contributed by atoms with E-state index in [-0.39, 0.29) is 0 Å². The number of benzene rings is 1. The lowest BCUT2D eigenvalue weighted by Crippen LogP contribution is -2.23. The summed E-state index contributed by atoms with van der Waals surface area (Å²) < 4.78 is 26.4. The fourth-order valence-electron chi connectivity index (χ4n) is 1.92. The summed E-state index contributed by atoms with van der Waals surface area (Å²) in [6.45, 7) is 5.17. The van der Waals surface area contributed by atoms with Crippen LogP contribution in [-0.2, 0) is 12.8 Å². The predicted molar refractivity (Wildman–Crippen MR) is 80.5 cm³/mol. The Balaban J connectivity index is 1.88. The van der Waals surface area contributed by atoms with Gasteiger partial charge in [0, 0.05) is 24.9 Å². The van der Waals surface area contributed by atoms with Gasteiger partial charge in [-0.3, -0.25) is 0 Å². The Morgan fingerprint density at radius 2 is 1.95 bits per heavy atom. The molecule has 2 aromatic rings. The van der Waals surface area contributed by atoms with Gasteiger partial charge in [0.25, 0.3) is 0 Å². The molecule has 0 radical (unpaired) electrons. The maximum atomic E-state index is 13.6. The van der Waals surface area contributed by atoms with E-state index >= 15 is 0 Å². The van der Waals surface area contributed by atoms with Gasteiger partial charge in [0.05, 0.1) is 0 Å². The lowest BCUT2D eigenvalue weighted by Gasteiger charge is -2.05. The van der Waals surface area contributed by atoms with E-state index in [1.807, 2.05) is 0 Å². The van der Waals surface area contributed by atoms with E-state index in [0.717, 1.165) is 35.5 Å². The van der Waals surface area contributed by atoms with Crippen molar-refractivity contribution < 1.29 is 8.78 Å². The van der Waals surface area contributed by atoms with Gasteiger partial charge in [-0.1, -0.05) is 19.9 Å². The van der Waals surface area contributed by atoms with Crippen molar-refractivity contribution in [2.75, 3.05) is 6.54 Å². The second-order valence-electron chi connectivity index (χ2n) is 5.21. The molecule has 0 spiro atoms. The van der Waals surface area contributed by atoms with Gasteiger partial charge in [-0.05, 0) is 24.6 Å². The Kier molecular flexibility index (Phi) is 5.76. The third-order valence-electron chi connectivity index (χ3n) is 2.99. The van der Waals surface area contributed by atoms with Crippen LogP contribution in [0.4, 0.5) is 8.78 Å². The smallest absolute Gasteiger partial charge is 0.129 e. The number of hydrogen-bond acceptors (Lipinski definition) is 4. The Morgan fingerprint density at radius 3 is 2.67 bits per heavy atom. The minimum atomic E-state index is -0.563. The Hall–Kier alpha value is -1.40. The van der Waals surface area contributed by atoms with Crippen molar-refractivity contribution in [2.45, 2.75) is 39.2 Å². The molecule has 2 rings (SSSR count). The van der Waals surface area contributed by atoms with E-state index < -0.39 is 11.6 Å². The fourth-order valence-corrected chi connectivity index (χ4v) is 2.83. The third kappa shape index (κ3) is 5.13. The van der Waals surface area contributed by atoms with Gasteiger partial charge in [0.15, 0.2) is 0 Å². The Bertz CT molecular complexity index is 584. The van der Waals surface area contributed by atoms with Crippen LogP contribution in [0.15, 0.2) is 18.2 Å². The van der Waals surface area contributed by atoms with Gasteiger partial charge in [0.2, 0.25) is 0 Å². The lowest BCUT2D eigenvalue weighted by atomic mass is 10.1. The van der Waals surface area contributed by atoms with Crippen molar-refractivity contribution in [1.82, 2.24) is 15.5 Å². The van der Waals surface area contributed by atoms with Crippen molar-refractivity contribution in [3.05, 3.63) is 45.4 Å². The van der Waals surface area contributed by atoms with Crippen molar-refractivity contribution in [1.29, 1.82) is 0 Å². The van der Waals surface area contributed by atoms with E-state index in [1.54, 1.807) is 0 Å². The highest BCUT2D eigenvalue weighted by atomic mass is 32.1. The van der Waals surface area contributed by atoms with Crippen molar-refractivity contribution in [3.63, 3.8) is 0 Å². The highest BCUT2D eigenvalue weighted by Gasteiger charge is 2.09. The molecule has 114 valence electrons. The number of halogens is 2. The van der Waals surface area contributed by atoms with E-state index in [0.29, 0.717) is 18.0 Å². The molecule has 0 unspecified atom stereocenters. The molecule has 3 nitrogen and oxygen atoms in total. The summed E-state index contributed by atoms with van der Waals surface area (Å²) in [4.78, 5) is 0. The van der Waals surface area contributed by atoms with Gasteiger partial charge in [0.1, 0.15) is 21.6 Å². The maximum absolute atomic E-state index is 13.6. The summed E-state index contributed by atoms with van der Waals surface area (Å²) in [5.74, 6) is -1.10. The zero-order chi connectivity index (χ0) is 15.2. The molecule has 0 saturated heterocycles. The van der Waals surface area contributed by atoms with Crippen molar-refractivity contribution >= 4 is 11.3 Å². The molecule has 1 aromatic carbocycles. The molecule has 21 heavy (non-hydrogen) atoms. The standard InChI is InChI=1S/C15H19F2N3S/c1-10(2)18-7-3-4-14-19-20-15(21-14)8-11-5-6-12(16)9-13(11)17/h5-6,9-10,18H,3-4,7-8H2,1-2H3. The first-order valence-corrected chi connectivity index (χ1v) is 7.85. The summed E-state index contributed by atoms with van der Waals surface area (Å²) in [5.41, 5.74) is 0.445. The van der Waals surface area contributed by atoms with Gasteiger partial charge in [-0.15, -0.1) is 21.5 Å². The van der Waals surface area contributed by atoms with E-state index in [4.69, 9.17) is 0 Å². The molecular weight excluding hydrogens is 292 g/mol. The molecule has 0 aliphatic carbocycles. The average molecular weight is 311 g/mol. The van der Waals surface area contributed by atoms with Crippen molar-refractivity contribution in [2.24, 2.45) is 0 Å². The molecule has 6 heteroatoms. The Morgan fingerprint density at radius 1 is 1.19 bits per heavy atom. The summed E-state index contributed by atoms with van der Waals surface area (Å²) in [5, 5.41) is 13.3. The zero-order valence-electron chi connectivity index (χ0n) is 12.2. The van der Waals surface area contributed by atoms with Crippen LogP contribution in [0.25, 0.3) is 0 Å². The number of hydrogen-bond donors (Lipinski definition) is 1. The SMILES string of the molecule is CC(C)NCCCc1nnc(Cc2ccc(F)cc2F)s1. The van der Waals surface area contributed by atoms with Crippen LogP contribution in [0.2, 0.25) is 0 Å². The summed E-state index contributed by atoms with van der Waals surface area (Å²) >= 11 is 1.49. The van der Waals surface area contributed by atoms with Crippen LogP contribution >= 0.6 is 11.3 Å². The van der Waals surface area contributed by atoms with E-state index in [2.05, 4.69) is 29.4 Å². The molecule has 0 amide bonds. The minimum Gasteiger partial charge on any atom is -0.315 e. The molecule has 0 bridgehead atoms. The molecule has 0 aliphatic rings. The monoisotopic (exact) mass is 311 g/mol. The number of nitrogens with zero attached hydrogens (tertiary/aromatic N) is 2. The van der Waals surface area contributed by atoms with E-state index in [1.165, 1.54) is 23.5 Å². The summed E-state index contributed by atoms with van der Waals surface area (Å²) in [7, 11) is 0. The predicted octanol–water partition coefficient (Wildman–Crippen LogP) is 3.34. The first kappa shape index (κ1) is 16.0. The fraction of sp³-hybridized carbons (Fsp3) is 0.467. The lowest BCUT2D eigenvalue weighted by molar-refractivity contribution is 0.569. The number of aromatic nitrogens is 2. The molecule has 1 heterocycles. The molecular formula is C15H19F2N3S. The van der Waals surface area contributed by atoms with Gasteiger partial charge >= 0.3 is 0 Å². The van der Waals surface area contributed by atoms with Gasteiger partial charge in [-0.25, -0.2) is 8.78 Å². The first-order chi connectivity index (χ1) is 10.0. The second-order valence-corrected chi connectivity index (χ2v) is 6.36. The first-order valence-electron chi connectivity index (χ1n) is 7.03. The third-order valence-corrected chi connectivity index (χ3v) is 3.97. The molecule has 0 fully saturated rings. The molecule has 0 atom stereocenters. The molecule has 0 saturated carbocycles. The van der Waals surface area contributed by atoms with Gasteiger partial charge < -0.3 is 5.32 Å². The highest BCUT2D eigenvalue weighted by Crippen LogP contribution is 2.18. The zero-order valence-corrected chi connectivity index (χ0v) is 13.0. The molecule has 0 aliphatic heterocycles. The average Bonchev–Trinajstić information content (AvgIpc) is 2.85.